The third-order valence-electron chi connectivity index (χ3n) is 6.15. The van der Waals surface area contributed by atoms with E-state index in [1.54, 1.807) is 6.92 Å². The van der Waals surface area contributed by atoms with Gasteiger partial charge in [-0.3, -0.25) is 4.79 Å². The molecule has 0 bridgehead atoms. The van der Waals surface area contributed by atoms with E-state index in [0.717, 1.165) is 32.3 Å². The Bertz CT molecular complexity index is 503. The maximum Gasteiger partial charge on any atom is 0.220 e. The molecule has 222 valence electrons. The molecule has 37 heavy (non-hydrogen) atoms. The number of ether oxygens (including phenoxy) is 1. The summed E-state index contributed by atoms with van der Waals surface area (Å²) in [6.07, 6.45) is 24.6. The van der Waals surface area contributed by atoms with Crippen molar-refractivity contribution in [1.29, 1.82) is 0 Å². The molecule has 0 aliphatic carbocycles. The van der Waals surface area contributed by atoms with Crippen LogP contribution < -0.4 is 5.32 Å². The van der Waals surface area contributed by atoms with Crippen LogP contribution in [0, 0.1) is 5.92 Å². The fourth-order valence-corrected chi connectivity index (χ4v) is 3.74. The molecule has 0 aromatic heterocycles. The van der Waals surface area contributed by atoms with Crippen molar-refractivity contribution in [3.8, 4) is 0 Å². The van der Waals surface area contributed by atoms with Gasteiger partial charge in [0, 0.05) is 18.9 Å². The molecule has 1 aliphatic heterocycles. The average molecular weight is 528 g/mol. The number of rotatable bonds is 19. The molecule has 1 saturated heterocycles. The number of hydrogen-bond donors (Lipinski definition) is 3. The van der Waals surface area contributed by atoms with Crippen molar-refractivity contribution in [2.75, 3.05) is 19.8 Å². The normalized spacial score (nSPS) is 16.4. The first kappa shape index (κ1) is 40.2. The Labute approximate surface area is 231 Å². The lowest BCUT2D eigenvalue weighted by Crippen LogP contribution is -2.46. The van der Waals surface area contributed by atoms with E-state index < -0.39 is 0 Å². The van der Waals surface area contributed by atoms with Crippen LogP contribution in [-0.4, -0.2) is 42.0 Å². The highest BCUT2D eigenvalue weighted by molar-refractivity contribution is 5.75. The largest absolute Gasteiger partial charge is 0.516 e. The van der Waals surface area contributed by atoms with E-state index in [2.05, 4.69) is 31.3 Å². The third kappa shape index (κ3) is 29.1. The summed E-state index contributed by atoms with van der Waals surface area (Å²) in [5, 5.41) is 19.2. The van der Waals surface area contributed by atoms with Crippen molar-refractivity contribution < 1.29 is 19.7 Å². The minimum atomic E-state index is -0.0590. The molecule has 1 heterocycles. The summed E-state index contributed by atoms with van der Waals surface area (Å²) in [5.41, 5.74) is 0.579. The number of allylic oxidation sites excluding steroid dienone is 2. The molecule has 0 radical (unpaired) electrons. The Morgan fingerprint density at radius 2 is 1.38 bits per heavy atom. The molecule has 1 fully saturated rings. The number of unbranched alkanes of at least 4 members (excludes halogenated alkanes) is 11. The van der Waals surface area contributed by atoms with Gasteiger partial charge in [0.25, 0.3) is 0 Å². The van der Waals surface area contributed by atoms with E-state index in [9.17, 15) is 4.79 Å². The fraction of sp³-hybridized carbons (Fsp3) is 0.844. The Kier molecular flexibility index (Phi) is 37.6. The van der Waals surface area contributed by atoms with Crippen molar-refractivity contribution in [2.45, 2.75) is 151 Å². The fourth-order valence-electron chi connectivity index (χ4n) is 3.74. The van der Waals surface area contributed by atoms with Gasteiger partial charge in [-0.2, -0.15) is 0 Å². The lowest BCUT2D eigenvalue weighted by Gasteiger charge is -2.36. The summed E-state index contributed by atoms with van der Waals surface area (Å²) in [5.74, 6) is 0.752. The molecule has 0 saturated carbocycles. The maximum absolute atomic E-state index is 11.9. The summed E-state index contributed by atoms with van der Waals surface area (Å²) in [4.78, 5) is 11.9. The van der Waals surface area contributed by atoms with Crippen LogP contribution in [0.2, 0.25) is 0 Å². The van der Waals surface area contributed by atoms with Gasteiger partial charge in [-0.1, -0.05) is 105 Å². The average Bonchev–Trinajstić information content (AvgIpc) is 2.92. The molecule has 0 spiro atoms. The van der Waals surface area contributed by atoms with Gasteiger partial charge in [0.15, 0.2) is 0 Å². The zero-order valence-corrected chi connectivity index (χ0v) is 25.8. The lowest BCUT2D eigenvalue weighted by atomic mass is 9.96. The molecular formula is C32H65NO4. The van der Waals surface area contributed by atoms with Crippen molar-refractivity contribution in [2.24, 2.45) is 5.92 Å². The van der Waals surface area contributed by atoms with Gasteiger partial charge in [-0.25, -0.2) is 0 Å². The molecule has 2 unspecified atom stereocenters. The van der Waals surface area contributed by atoms with E-state index in [1.807, 2.05) is 27.7 Å². The first-order chi connectivity index (χ1) is 18.1. The van der Waals surface area contributed by atoms with Gasteiger partial charge >= 0.3 is 0 Å². The van der Waals surface area contributed by atoms with Gasteiger partial charge in [0.2, 0.25) is 5.91 Å². The van der Waals surface area contributed by atoms with Gasteiger partial charge < -0.3 is 20.3 Å². The highest BCUT2D eigenvalue weighted by atomic mass is 16.5. The number of aliphatic hydroxyl groups excluding tert-OH is 2. The quantitative estimate of drug-likeness (QED) is 0.0889. The second-order valence-electron chi connectivity index (χ2n) is 9.31. The Balaban J connectivity index is -0.000000992. The number of carbonyl (C=O) groups is 1. The number of carbonyl (C=O) groups excluding carboxylic acids is 1. The van der Waals surface area contributed by atoms with E-state index >= 15 is 0 Å². The Morgan fingerprint density at radius 3 is 1.78 bits per heavy atom. The summed E-state index contributed by atoms with van der Waals surface area (Å²) < 4.78 is 5.46. The lowest BCUT2D eigenvalue weighted by molar-refractivity contribution is -0.128. The van der Waals surface area contributed by atoms with Crippen LogP contribution in [0.15, 0.2) is 24.0 Å². The highest BCUT2D eigenvalue weighted by Crippen LogP contribution is 2.22. The number of amides is 1. The van der Waals surface area contributed by atoms with E-state index in [-0.39, 0.29) is 12.5 Å². The van der Waals surface area contributed by atoms with E-state index in [1.165, 1.54) is 77.0 Å². The molecule has 0 aromatic rings. The van der Waals surface area contributed by atoms with Crippen LogP contribution >= 0.6 is 0 Å². The standard InChI is InChI=1S/C24H45NO2.C4H8O2.2C2H6/c1-3-5-6-7-8-9-10-11-12-13-14-15-16-17-18-19-24(26)25-20-22-21-27-23(22)4-2;1-4(2-5)3-6;2*1-2/h11-12,22-23H,3-10,13-21H2,1-2H3,(H,25,26);2,5-6H,3H2,1H3;2*1-2H3/b12-11-;4-2-;;. The van der Waals surface area contributed by atoms with Crippen molar-refractivity contribution in [3.63, 3.8) is 0 Å². The SMILES string of the molecule is C/C(=C/O)CO.CC.CC.CCCCCCCC/C=C\CCCCCCCC(=O)NCC1COC1CC. The molecule has 2 atom stereocenters. The Morgan fingerprint density at radius 1 is 0.865 bits per heavy atom. The van der Waals surface area contributed by atoms with Crippen molar-refractivity contribution in [1.82, 2.24) is 5.32 Å². The molecular weight excluding hydrogens is 462 g/mol. The van der Waals surface area contributed by atoms with Crippen molar-refractivity contribution in [3.05, 3.63) is 24.0 Å². The first-order valence-corrected chi connectivity index (χ1v) is 15.5. The predicted molar refractivity (Wildman–Crippen MR) is 162 cm³/mol. The second-order valence-corrected chi connectivity index (χ2v) is 9.31. The monoisotopic (exact) mass is 527 g/mol. The molecule has 3 N–H and O–H groups in total. The van der Waals surface area contributed by atoms with Gasteiger partial charge in [0.05, 0.1) is 25.6 Å². The number of aliphatic hydroxyl groups is 2. The zero-order chi connectivity index (χ0) is 28.6. The maximum atomic E-state index is 11.9. The Hall–Kier alpha value is -1.33. The topological polar surface area (TPSA) is 78.8 Å². The summed E-state index contributed by atoms with van der Waals surface area (Å²) >= 11 is 0. The zero-order valence-electron chi connectivity index (χ0n) is 25.8. The van der Waals surface area contributed by atoms with Crippen LogP contribution in [0.5, 0.6) is 0 Å². The van der Waals surface area contributed by atoms with Crippen LogP contribution in [0.4, 0.5) is 0 Å². The first-order valence-electron chi connectivity index (χ1n) is 15.5. The second kappa shape index (κ2) is 34.7. The summed E-state index contributed by atoms with van der Waals surface area (Å²) in [7, 11) is 0. The van der Waals surface area contributed by atoms with Crippen LogP contribution in [0.25, 0.3) is 0 Å². The molecule has 0 aromatic carbocycles. The molecule has 1 amide bonds. The smallest absolute Gasteiger partial charge is 0.220 e. The van der Waals surface area contributed by atoms with E-state index in [0.29, 0.717) is 24.0 Å². The van der Waals surface area contributed by atoms with Gasteiger partial charge in [0.1, 0.15) is 0 Å². The summed E-state index contributed by atoms with van der Waals surface area (Å²) in [6, 6.07) is 0. The number of nitrogens with one attached hydrogen (secondary N) is 1. The minimum absolute atomic E-state index is 0.0590. The van der Waals surface area contributed by atoms with E-state index in [4.69, 9.17) is 14.9 Å². The molecule has 1 aliphatic rings. The van der Waals surface area contributed by atoms with Crippen LogP contribution in [0.1, 0.15) is 145 Å². The highest BCUT2D eigenvalue weighted by Gasteiger charge is 2.30. The number of hydrogen-bond acceptors (Lipinski definition) is 4. The molecule has 1 rings (SSSR count). The minimum Gasteiger partial charge on any atom is -0.516 e. The molecule has 5 heteroatoms. The van der Waals surface area contributed by atoms with Crippen LogP contribution in [0.3, 0.4) is 0 Å². The molecule has 5 nitrogen and oxygen atoms in total. The van der Waals surface area contributed by atoms with Gasteiger partial charge in [-0.15, -0.1) is 0 Å². The van der Waals surface area contributed by atoms with Gasteiger partial charge in [-0.05, 0) is 51.0 Å². The third-order valence-corrected chi connectivity index (χ3v) is 6.15. The van der Waals surface area contributed by atoms with Crippen molar-refractivity contribution >= 4 is 5.91 Å². The summed E-state index contributed by atoms with van der Waals surface area (Å²) in [6.45, 7) is 15.6. The predicted octanol–water partition coefficient (Wildman–Crippen LogP) is 9.06. The van der Waals surface area contributed by atoms with Crippen LogP contribution in [-0.2, 0) is 9.53 Å².